The first kappa shape index (κ1) is 15.4. The van der Waals surface area contributed by atoms with Gasteiger partial charge in [0.25, 0.3) is 0 Å². The lowest BCUT2D eigenvalue weighted by molar-refractivity contribution is -0.111. The topological polar surface area (TPSA) is 75.3 Å². The standard InChI is InChI=1S/C13H18N2O3S/c1-4-10(3)15-19(17,18)12-8-6-7-11(9-12)14-13(16)5-2/h5-10,15H,2,4H2,1,3H3,(H,14,16). The van der Waals surface area contributed by atoms with E-state index in [4.69, 9.17) is 0 Å². The summed E-state index contributed by atoms with van der Waals surface area (Å²) in [6.45, 7) is 7.03. The molecule has 1 amide bonds. The molecular weight excluding hydrogens is 264 g/mol. The van der Waals surface area contributed by atoms with Gasteiger partial charge in [-0.05, 0) is 37.6 Å². The maximum Gasteiger partial charge on any atom is 0.247 e. The molecule has 0 aromatic heterocycles. The van der Waals surface area contributed by atoms with Gasteiger partial charge in [-0.25, -0.2) is 13.1 Å². The van der Waals surface area contributed by atoms with Crippen molar-refractivity contribution >= 4 is 21.6 Å². The Morgan fingerprint density at radius 2 is 2.16 bits per heavy atom. The SMILES string of the molecule is C=CC(=O)Nc1cccc(S(=O)(=O)NC(C)CC)c1. The van der Waals surface area contributed by atoms with Crippen LogP contribution < -0.4 is 10.0 Å². The molecule has 5 nitrogen and oxygen atoms in total. The van der Waals surface area contributed by atoms with Crippen LogP contribution in [0, 0.1) is 0 Å². The van der Waals surface area contributed by atoms with Gasteiger partial charge in [-0.1, -0.05) is 19.6 Å². The molecule has 1 aromatic rings. The first-order chi connectivity index (χ1) is 8.89. The van der Waals surface area contributed by atoms with Crippen LogP contribution in [0.15, 0.2) is 41.8 Å². The molecule has 19 heavy (non-hydrogen) atoms. The van der Waals surface area contributed by atoms with Gasteiger partial charge in [0.05, 0.1) is 4.90 Å². The van der Waals surface area contributed by atoms with Crippen molar-refractivity contribution in [2.45, 2.75) is 31.2 Å². The Balaban J connectivity index is 2.98. The number of rotatable bonds is 6. The monoisotopic (exact) mass is 282 g/mol. The Labute approximate surface area is 113 Å². The smallest absolute Gasteiger partial charge is 0.247 e. The van der Waals surface area contributed by atoms with Crippen LogP contribution in [0.25, 0.3) is 0 Å². The number of carbonyl (C=O) groups is 1. The predicted octanol–water partition coefficient (Wildman–Crippen LogP) is 1.89. The highest BCUT2D eigenvalue weighted by Gasteiger charge is 2.16. The molecule has 2 N–H and O–H groups in total. The Bertz CT molecular complexity index is 567. The summed E-state index contributed by atoms with van der Waals surface area (Å²) in [5, 5.41) is 2.52. The van der Waals surface area contributed by atoms with E-state index in [-0.39, 0.29) is 16.8 Å². The molecule has 6 heteroatoms. The molecule has 1 rings (SSSR count). The number of anilines is 1. The van der Waals surface area contributed by atoms with Crippen molar-refractivity contribution in [3.63, 3.8) is 0 Å². The summed E-state index contributed by atoms with van der Waals surface area (Å²) >= 11 is 0. The number of sulfonamides is 1. The van der Waals surface area contributed by atoms with Gasteiger partial charge in [-0.15, -0.1) is 0 Å². The first-order valence-electron chi connectivity index (χ1n) is 5.95. The van der Waals surface area contributed by atoms with Gasteiger partial charge in [0.15, 0.2) is 0 Å². The molecule has 0 bridgehead atoms. The average molecular weight is 282 g/mol. The third-order valence-corrected chi connectivity index (χ3v) is 4.15. The summed E-state index contributed by atoms with van der Waals surface area (Å²) in [6, 6.07) is 5.94. The maximum atomic E-state index is 12.1. The fraction of sp³-hybridized carbons (Fsp3) is 0.308. The largest absolute Gasteiger partial charge is 0.322 e. The highest BCUT2D eigenvalue weighted by atomic mass is 32.2. The molecule has 1 unspecified atom stereocenters. The van der Waals surface area contributed by atoms with E-state index in [0.717, 1.165) is 6.08 Å². The van der Waals surface area contributed by atoms with Crippen molar-refractivity contribution in [2.24, 2.45) is 0 Å². The van der Waals surface area contributed by atoms with Crippen molar-refractivity contribution < 1.29 is 13.2 Å². The zero-order chi connectivity index (χ0) is 14.5. The van der Waals surface area contributed by atoms with Crippen LogP contribution in [0.5, 0.6) is 0 Å². The van der Waals surface area contributed by atoms with Gasteiger partial charge in [0.1, 0.15) is 0 Å². The number of carbonyl (C=O) groups excluding carboxylic acids is 1. The van der Waals surface area contributed by atoms with Crippen LogP contribution in [0.1, 0.15) is 20.3 Å². The molecule has 0 saturated heterocycles. The molecule has 0 radical (unpaired) electrons. The summed E-state index contributed by atoms with van der Waals surface area (Å²) in [6.07, 6.45) is 1.82. The molecule has 0 aliphatic heterocycles. The van der Waals surface area contributed by atoms with Crippen molar-refractivity contribution in [3.8, 4) is 0 Å². The minimum atomic E-state index is -3.56. The number of hydrogen-bond donors (Lipinski definition) is 2. The highest BCUT2D eigenvalue weighted by molar-refractivity contribution is 7.89. The molecule has 0 heterocycles. The molecule has 0 aliphatic rings. The van der Waals surface area contributed by atoms with Crippen LogP contribution in [0.3, 0.4) is 0 Å². The summed E-state index contributed by atoms with van der Waals surface area (Å²) in [5.74, 6) is -0.385. The minimum absolute atomic E-state index is 0.120. The average Bonchev–Trinajstić information content (AvgIpc) is 2.38. The second-order valence-corrected chi connectivity index (χ2v) is 5.87. The molecule has 0 saturated carbocycles. The second-order valence-electron chi connectivity index (χ2n) is 4.15. The summed E-state index contributed by atoms with van der Waals surface area (Å²) < 4.78 is 26.7. The first-order valence-corrected chi connectivity index (χ1v) is 7.43. The summed E-state index contributed by atoms with van der Waals surface area (Å²) in [4.78, 5) is 11.3. The number of nitrogens with one attached hydrogen (secondary N) is 2. The maximum absolute atomic E-state index is 12.1. The molecule has 0 spiro atoms. The summed E-state index contributed by atoms with van der Waals surface area (Å²) in [5.41, 5.74) is 0.414. The van der Waals surface area contributed by atoms with Crippen LogP contribution in [0.2, 0.25) is 0 Å². The zero-order valence-electron chi connectivity index (χ0n) is 11.0. The zero-order valence-corrected chi connectivity index (χ0v) is 11.8. The Kier molecular flexibility index (Phi) is 5.26. The predicted molar refractivity (Wildman–Crippen MR) is 75.3 cm³/mol. The van der Waals surface area contributed by atoms with Crippen molar-refractivity contribution in [2.75, 3.05) is 5.32 Å². The molecule has 1 atom stereocenters. The molecule has 0 fully saturated rings. The fourth-order valence-corrected chi connectivity index (χ4v) is 2.72. The minimum Gasteiger partial charge on any atom is -0.322 e. The summed E-state index contributed by atoms with van der Waals surface area (Å²) in [7, 11) is -3.56. The molecule has 0 aliphatic carbocycles. The lowest BCUT2D eigenvalue weighted by atomic mass is 10.3. The van der Waals surface area contributed by atoms with Gasteiger partial charge in [-0.3, -0.25) is 4.79 Å². The van der Waals surface area contributed by atoms with Gasteiger partial charge in [0, 0.05) is 11.7 Å². The quantitative estimate of drug-likeness (QED) is 0.782. The van der Waals surface area contributed by atoms with Crippen molar-refractivity contribution in [1.82, 2.24) is 4.72 Å². The third kappa shape index (κ3) is 4.50. The Morgan fingerprint density at radius 1 is 1.47 bits per heavy atom. The lowest BCUT2D eigenvalue weighted by Crippen LogP contribution is -2.32. The van der Waals surface area contributed by atoms with Gasteiger partial charge in [-0.2, -0.15) is 0 Å². The van der Waals surface area contributed by atoms with E-state index in [0.29, 0.717) is 12.1 Å². The van der Waals surface area contributed by atoms with Crippen molar-refractivity contribution in [1.29, 1.82) is 0 Å². The van der Waals surface area contributed by atoms with Crippen LogP contribution in [0.4, 0.5) is 5.69 Å². The van der Waals surface area contributed by atoms with Gasteiger partial charge >= 0.3 is 0 Å². The molecular formula is C13H18N2O3S. The van der Waals surface area contributed by atoms with E-state index in [1.165, 1.54) is 12.1 Å². The van der Waals surface area contributed by atoms with Crippen LogP contribution in [-0.2, 0) is 14.8 Å². The fourth-order valence-electron chi connectivity index (χ4n) is 1.35. The van der Waals surface area contributed by atoms with Crippen LogP contribution >= 0.6 is 0 Å². The molecule has 1 aromatic carbocycles. The van der Waals surface area contributed by atoms with E-state index in [1.807, 2.05) is 6.92 Å². The second kappa shape index (κ2) is 6.49. The number of benzene rings is 1. The van der Waals surface area contributed by atoms with E-state index in [2.05, 4.69) is 16.6 Å². The number of hydrogen-bond acceptors (Lipinski definition) is 3. The lowest BCUT2D eigenvalue weighted by Gasteiger charge is -2.12. The van der Waals surface area contributed by atoms with E-state index in [9.17, 15) is 13.2 Å². The van der Waals surface area contributed by atoms with E-state index >= 15 is 0 Å². The Hall–Kier alpha value is -1.66. The van der Waals surface area contributed by atoms with Crippen molar-refractivity contribution in [3.05, 3.63) is 36.9 Å². The third-order valence-electron chi connectivity index (χ3n) is 2.57. The van der Waals surface area contributed by atoms with Crippen LogP contribution in [-0.4, -0.2) is 20.4 Å². The van der Waals surface area contributed by atoms with E-state index < -0.39 is 10.0 Å². The molecule has 104 valence electrons. The highest BCUT2D eigenvalue weighted by Crippen LogP contribution is 2.16. The number of amides is 1. The van der Waals surface area contributed by atoms with E-state index in [1.54, 1.807) is 19.1 Å². The Morgan fingerprint density at radius 3 is 2.74 bits per heavy atom. The van der Waals surface area contributed by atoms with Gasteiger partial charge in [0.2, 0.25) is 15.9 Å². The normalized spacial score (nSPS) is 12.7. The van der Waals surface area contributed by atoms with Gasteiger partial charge < -0.3 is 5.32 Å².